The Morgan fingerprint density at radius 2 is 2.04 bits per heavy atom. The summed E-state index contributed by atoms with van der Waals surface area (Å²) in [6, 6.07) is 5.96. The van der Waals surface area contributed by atoms with Crippen LogP contribution in [0.1, 0.15) is 37.3 Å². The average Bonchev–Trinajstić information content (AvgIpc) is 2.56. The number of hydrogen-bond acceptors (Lipinski definition) is 4. The molecule has 23 heavy (non-hydrogen) atoms. The minimum absolute atomic E-state index is 0.423. The fourth-order valence-electron chi connectivity index (χ4n) is 3.69. The van der Waals surface area contributed by atoms with Crippen LogP contribution in [0.25, 0.3) is 0 Å². The van der Waals surface area contributed by atoms with Gasteiger partial charge >= 0.3 is 5.97 Å². The molecule has 128 valence electrons. The topological polar surface area (TPSA) is 81.0 Å². The van der Waals surface area contributed by atoms with Gasteiger partial charge < -0.3 is 20.2 Å². The van der Waals surface area contributed by atoms with Crippen LogP contribution >= 0.6 is 0 Å². The Labute approximate surface area is 137 Å². The van der Waals surface area contributed by atoms with Gasteiger partial charge in [-0.2, -0.15) is 0 Å². The summed E-state index contributed by atoms with van der Waals surface area (Å²) in [5, 5.41) is 25.5. The smallest absolute Gasteiger partial charge is 0.332 e. The summed E-state index contributed by atoms with van der Waals surface area (Å²) in [5.41, 5.74) is 2.87. The number of carboxylic acids is 1. The van der Waals surface area contributed by atoms with Crippen molar-refractivity contribution in [3.05, 3.63) is 29.3 Å². The number of phenolic OH excluding ortho intramolecular Hbond substituents is 1. The summed E-state index contributed by atoms with van der Waals surface area (Å²) in [6.07, 6.45) is 1.17. The molecule has 1 fully saturated rings. The van der Waals surface area contributed by atoms with E-state index in [9.17, 15) is 9.90 Å². The van der Waals surface area contributed by atoms with Crippen molar-refractivity contribution in [3.8, 4) is 5.75 Å². The molecule has 0 spiro atoms. The standard InChI is InChI=1S/C15H21NO.C3H6O3/c1-10-12-7-11-3-4-13(17)8-15(11)14(10)5-6-16(2)9-12;1-2(4)3(5)6/h3-4,8,10,12,14,17H,5-7,9H2,1-2H3;2,4H,1H3,(H,5,6)/t10-,12-,14-;/m1./s1. The molecule has 1 aromatic rings. The molecule has 1 unspecified atom stereocenters. The van der Waals surface area contributed by atoms with Crippen LogP contribution in [0.4, 0.5) is 0 Å². The van der Waals surface area contributed by atoms with Crippen molar-refractivity contribution in [1.82, 2.24) is 4.90 Å². The Morgan fingerprint density at radius 1 is 1.39 bits per heavy atom. The number of rotatable bonds is 1. The minimum atomic E-state index is -1.23. The molecular formula is C18H27NO4. The van der Waals surface area contributed by atoms with Gasteiger partial charge in [0.15, 0.2) is 0 Å². The summed E-state index contributed by atoms with van der Waals surface area (Å²) in [5.74, 6) is 1.40. The molecule has 1 heterocycles. The number of phenols is 1. The molecule has 0 radical (unpaired) electrons. The molecule has 1 aliphatic heterocycles. The number of hydrogen-bond donors (Lipinski definition) is 3. The van der Waals surface area contributed by atoms with E-state index in [2.05, 4.69) is 24.9 Å². The third-order valence-corrected chi connectivity index (χ3v) is 5.11. The van der Waals surface area contributed by atoms with Crippen molar-refractivity contribution in [1.29, 1.82) is 0 Å². The van der Waals surface area contributed by atoms with E-state index in [1.165, 1.54) is 44.0 Å². The van der Waals surface area contributed by atoms with Gasteiger partial charge in [-0.3, -0.25) is 0 Å². The molecule has 1 saturated heterocycles. The van der Waals surface area contributed by atoms with Crippen LogP contribution in [0.3, 0.4) is 0 Å². The molecular weight excluding hydrogens is 294 g/mol. The highest BCUT2D eigenvalue weighted by Crippen LogP contribution is 2.44. The summed E-state index contributed by atoms with van der Waals surface area (Å²) >= 11 is 0. The number of carboxylic acid groups (broad SMARTS) is 1. The predicted molar refractivity (Wildman–Crippen MR) is 88.6 cm³/mol. The fourth-order valence-corrected chi connectivity index (χ4v) is 3.69. The van der Waals surface area contributed by atoms with Crippen LogP contribution in [-0.4, -0.2) is 52.4 Å². The maximum Gasteiger partial charge on any atom is 0.332 e. The molecule has 5 heteroatoms. The first-order valence-electron chi connectivity index (χ1n) is 8.20. The maximum atomic E-state index is 9.68. The summed E-state index contributed by atoms with van der Waals surface area (Å²) in [6.45, 7) is 5.99. The van der Waals surface area contributed by atoms with E-state index in [0.717, 1.165) is 11.8 Å². The van der Waals surface area contributed by atoms with Crippen molar-refractivity contribution >= 4 is 5.97 Å². The highest BCUT2D eigenvalue weighted by molar-refractivity contribution is 5.71. The van der Waals surface area contributed by atoms with E-state index < -0.39 is 12.1 Å². The molecule has 1 aromatic carbocycles. The van der Waals surface area contributed by atoms with Crippen molar-refractivity contribution in [2.45, 2.75) is 38.7 Å². The number of aliphatic hydroxyl groups is 1. The number of carbonyl (C=O) groups is 1. The first-order chi connectivity index (χ1) is 10.8. The summed E-state index contributed by atoms with van der Waals surface area (Å²) in [4.78, 5) is 11.9. The summed E-state index contributed by atoms with van der Waals surface area (Å²) in [7, 11) is 2.23. The molecule has 0 amide bonds. The zero-order valence-corrected chi connectivity index (χ0v) is 14.1. The normalized spacial score (nSPS) is 27.9. The second-order valence-corrected chi connectivity index (χ2v) is 6.88. The average molecular weight is 321 g/mol. The Balaban J connectivity index is 0.000000277. The third-order valence-electron chi connectivity index (χ3n) is 5.11. The number of fused-ring (bicyclic) bond motifs is 4. The lowest BCUT2D eigenvalue weighted by molar-refractivity contribution is -0.145. The molecule has 0 saturated carbocycles. The predicted octanol–water partition coefficient (Wildman–Crippen LogP) is 2.07. The van der Waals surface area contributed by atoms with Gasteiger partial charge in [0.05, 0.1) is 0 Å². The molecule has 2 aliphatic rings. The lowest BCUT2D eigenvalue weighted by Crippen LogP contribution is -2.31. The van der Waals surface area contributed by atoms with Gasteiger partial charge in [-0.25, -0.2) is 4.79 Å². The van der Waals surface area contributed by atoms with Gasteiger partial charge in [-0.1, -0.05) is 13.0 Å². The zero-order valence-electron chi connectivity index (χ0n) is 14.1. The monoisotopic (exact) mass is 321 g/mol. The lowest BCUT2D eigenvalue weighted by atomic mass is 9.69. The van der Waals surface area contributed by atoms with E-state index >= 15 is 0 Å². The van der Waals surface area contributed by atoms with Crippen LogP contribution in [0.5, 0.6) is 5.75 Å². The fraction of sp³-hybridized carbons (Fsp3) is 0.611. The SMILES string of the molecule is CC(O)C(=O)O.C[C@@H]1[C@@H]2Cc3ccc(O)cc3[C@@H]1CCN(C)C2. The number of likely N-dealkylation sites (tertiary alicyclic amines) is 1. The van der Waals surface area contributed by atoms with Gasteiger partial charge in [0.2, 0.25) is 0 Å². The quantitative estimate of drug-likeness (QED) is 0.738. The Hall–Kier alpha value is -1.59. The van der Waals surface area contributed by atoms with Crippen LogP contribution in [0, 0.1) is 11.8 Å². The summed E-state index contributed by atoms with van der Waals surface area (Å²) < 4.78 is 0. The van der Waals surface area contributed by atoms with Crippen LogP contribution in [-0.2, 0) is 11.2 Å². The van der Waals surface area contributed by atoms with E-state index in [-0.39, 0.29) is 0 Å². The van der Waals surface area contributed by atoms with Gasteiger partial charge in [0, 0.05) is 6.54 Å². The van der Waals surface area contributed by atoms with Gasteiger partial charge in [-0.05, 0) is 74.4 Å². The van der Waals surface area contributed by atoms with E-state index in [0.29, 0.717) is 11.7 Å². The molecule has 2 bridgehead atoms. The lowest BCUT2D eigenvalue weighted by Gasteiger charge is -2.36. The van der Waals surface area contributed by atoms with Gasteiger partial charge in [-0.15, -0.1) is 0 Å². The van der Waals surface area contributed by atoms with Gasteiger partial charge in [0.1, 0.15) is 11.9 Å². The Morgan fingerprint density at radius 3 is 2.65 bits per heavy atom. The molecule has 3 rings (SSSR count). The number of aliphatic carboxylic acids is 1. The number of aromatic hydroxyl groups is 1. The molecule has 1 aliphatic carbocycles. The first kappa shape index (κ1) is 17.8. The van der Waals surface area contributed by atoms with Crippen LogP contribution in [0.2, 0.25) is 0 Å². The van der Waals surface area contributed by atoms with E-state index in [4.69, 9.17) is 10.2 Å². The molecule has 5 nitrogen and oxygen atoms in total. The van der Waals surface area contributed by atoms with E-state index in [1.807, 2.05) is 12.1 Å². The Bertz CT molecular complexity index is 558. The number of benzene rings is 1. The van der Waals surface area contributed by atoms with Crippen LogP contribution < -0.4 is 0 Å². The highest BCUT2D eigenvalue weighted by Gasteiger charge is 2.36. The van der Waals surface area contributed by atoms with Crippen LogP contribution in [0.15, 0.2) is 18.2 Å². The molecule has 4 atom stereocenters. The zero-order chi connectivity index (χ0) is 17.1. The van der Waals surface area contributed by atoms with E-state index in [1.54, 1.807) is 0 Å². The third kappa shape index (κ3) is 4.24. The number of aliphatic hydroxyl groups excluding tert-OH is 1. The first-order valence-corrected chi connectivity index (χ1v) is 8.20. The largest absolute Gasteiger partial charge is 0.508 e. The highest BCUT2D eigenvalue weighted by atomic mass is 16.4. The number of nitrogens with zero attached hydrogens (tertiary/aromatic N) is 1. The van der Waals surface area contributed by atoms with Crippen molar-refractivity contribution in [2.24, 2.45) is 11.8 Å². The van der Waals surface area contributed by atoms with Crippen molar-refractivity contribution < 1.29 is 20.1 Å². The maximum absolute atomic E-state index is 9.68. The minimum Gasteiger partial charge on any atom is -0.508 e. The Kier molecular flexibility index (Phi) is 5.65. The van der Waals surface area contributed by atoms with Crippen molar-refractivity contribution in [3.63, 3.8) is 0 Å². The molecule has 3 N–H and O–H groups in total. The second-order valence-electron chi connectivity index (χ2n) is 6.88. The van der Waals surface area contributed by atoms with Gasteiger partial charge in [0.25, 0.3) is 0 Å². The van der Waals surface area contributed by atoms with Crippen molar-refractivity contribution in [2.75, 3.05) is 20.1 Å². The second kappa shape index (κ2) is 7.32. The molecule has 0 aromatic heterocycles.